The first-order chi connectivity index (χ1) is 11.3. The van der Waals surface area contributed by atoms with Crippen LogP contribution in [0.25, 0.3) is 5.69 Å². The van der Waals surface area contributed by atoms with Gasteiger partial charge in [0.15, 0.2) is 0 Å². The van der Waals surface area contributed by atoms with Crippen molar-refractivity contribution in [3.63, 3.8) is 0 Å². The summed E-state index contributed by atoms with van der Waals surface area (Å²) in [6.45, 7) is 1.82. The zero-order valence-electron chi connectivity index (χ0n) is 12.3. The summed E-state index contributed by atoms with van der Waals surface area (Å²) in [6.07, 6.45) is 1.46. The van der Waals surface area contributed by atoms with Crippen LogP contribution in [0.2, 0.25) is 10.0 Å². The van der Waals surface area contributed by atoms with Crippen molar-refractivity contribution in [3.05, 3.63) is 58.3 Å². The van der Waals surface area contributed by atoms with Crippen LogP contribution in [0.1, 0.15) is 5.56 Å². The molecule has 0 radical (unpaired) electrons. The number of hydrogen-bond acceptors (Lipinski definition) is 5. The maximum absolute atomic E-state index is 12.5. The lowest BCUT2D eigenvalue weighted by Gasteiger charge is -2.11. The van der Waals surface area contributed by atoms with E-state index >= 15 is 0 Å². The number of nitrogens with zero attached hydrogens (tertiary/aromatic N) is 4. The Morgan fingerprint density at radius 2 is 1.79 bits per heavy atom. The van der Waals surface area contributed by atoms with E-state index in [1.165, 1.54) is 29.2 Å². The number of halogens is 2. The van der Waals surface area contributed by atoms with Crippen LogP contribution >= 0.6 is 23.2 Å². The average Bonchev–Trinajstić information content (AvgIpc) is 3.00. The number of benzene rings is 2. The second kappa shape index (κ2) is 6.39. The summed E-state index contributed by atoms with van der Waals surface area (Å²) in [7, 11) is -3.81. The maximum atomic E-state index is 12.5. The highest BCUT2D eigenvalue weighted by Gasteiger charge is 2.16. The molecule has 0 atom stereocenters. The van der Waals surface area contributed by atoms with Crippen molar-refractivity contribution < 1.29 is 8.42 Å². The number of hydrogen-bond donors (Lipinski definition) is 1. The minimum absolute atomic E-state index is 0.0118. The molecule has 7 nitrogen and oxygen atoms in total. The van der Waals surface area contributed by atoms with Crippen LogP contribution in [0.5, 0.6) is 0 Å². The fourth-order valence-electron chi connectivity index (χ4n) is 2.15. The van der Waals surface area contributed by atoms with Gasteiger partial charge in [0.1, 0.15) is 6.33 Å². The number of nitrogens with one attached hydrogen (secondary N) is 1. The summed E-state index contributed by atoms with van der Waals surface area (Å²) in [4.78, 5) is -0.0118. The second-order valence-corrected chi connectivity index (χ2v) is 7.52. The van der Waals surface area contributed by atoms with E-state index < -0.39 is 10.0 Å². The fourth-order valence-corrected chi connectivity index (χ4v) is 3.92. The number of aromatic nitrogens is 4. The number of aryl methyl sites for hydroxylation is 1. The van der Waals surface area contributed by atoms with Gasteiger partial charge in [-0.2, -0.15) is 0 Å². The second-order valence-electron chi connectivity index (χ2n) is 4.97. The molecule has 0 aliphatic carbocycles. The number of rotatable bonds is 4. The van der Waals surface area contributed by atoms with Gasteiger partial charge in [0.25, 0.3) is 10.0 Å². The van der Waals surface area contributed by atoms with Gasteiger partial charge in [-0.3, -0.25) is 4.72 Å². The average molecular weight is 384 g/mol. The quantitative estimate of drug-likeness (QED) is 0.747. The summed E-state index contributed by atoms with van der Waals surface area (Å²) in [5.41, 5.74) is 1.95. The van der Waals surface area contributed by atoms with E-state index in [4.69, 9.17) is 23.2 Å². The SMILES string of the molecule is Cc1cc(NS(=O)(=O)c2cc(Cl)cc(Cl)c2)ccc1-n1cnnn1. The summed E-state index contributed by atoms with van der Waals surface area (Å²) in [6, 6.07) is 9.15. The van der Waals surface area contributed by atoms with Crippen molar-refractivity contribution in [3.8, 4) is 5.69 Å². The third kappa shape index (κ3) is 3.50. The van der Waals surface area contributed by atoms with Gasteiger partial charge in [0, 0.05) is 15.7 Å². The predicted molar refractivity (Wildman–Crippen MR) is 91.2 cm³/mol. The van der Waals surface area contributed by atoms with Crippen LogP contribution in [0.4, 0.5) is 5.69 Å². The Hall–Kier alpha value is -2.16. The van der Waals surface area contributed by atoms with Crippen molar-refractivity contribution in [2.24, 2.45) is 0 Å². The molecule has 1 aromatic heterocycles. The summed E-state index contributed by atoms with van der Waals surface area (Å²) < 4.78 is 28.9. The molecule has 0 spiro atoms. The summed E-state index contributed by atoms with van der Waals surface area (Å²) >= 11 is 11.7. The fraction of sp³-hybridized carbons (Fsp3) is 0.0714. The molecule has 0 saturated heterocycles. The third-order valence-electron chi connectivity index (χ3n) is 3.19. The maximum Gasteiger partial charge on any atom is 0.261 e. The van der Waals surface area contributed by atoms with Gasteiger partial charge in [-0.15, -0.1) is 5.10 Å². The van der Waals surface area contributed by atoms with Gasteiger partial charge in [-0.25, -0.2) is 13.1 Å². The van der Waals surface area contributed by atoms with Crippen LogP contribution in [0.15, 0.2) is 47.6 Å². The topological polar surface area (TPSA) is 89.8 Å². The van der Waals surface area contributed by atoms with Crippen molar-refractivity contribution in [1.82, 2.24) is 20.2 Å². The molecule has 124 valence electrons. The van der Waals surface area contributed by atoms with E-state index in [1.807, 2.05) is 6.92 Å². The van der Waals surface area contributed by atoms with Gasteiger partial charge in [-0.05, 0) is 59.3 Å². The Morgan fingerprint density at radius 1 is 1.08 bits per heavy atom. The Kier molecular flexibility index (Phi) is 4.44. The molecule has 10 heteroatoms. The highest BCUT2D eigenvalue weighted by molar-refractivity contribution is 7.92. The van der Waals surface area contributed by atoms with Crippen molar-refractivity contribution in [1.29, 1.82) is 0 Å². The van der Waals surface area contributed by atoms with E-state index in [9.17, 15) is 8.42 Å². The monoisotopic (exact) mass is 383 g/mol. The molecule has 0 aliphatic heterocycles. The number of tetrazole rings is 1. The summed E-state index contributed by atoms with van der Waals surface area (Å²) in [5, 5.41) is 11.4. The normalized spacial score (nSPS) is 11.5. The molecule has 24 heavy (non-hydrogen) atoms. The smallest absolute Gasteiger partial charge is 0.261 e. The van der Waals surface area contributed by atoms with E-state index in [0.29, 0.717) is 5.69 Å². The van der Waals surface area contributed by atoms with Crippen LogP contribution in [0, 0.1) is 6.92 Å². The highest BCUT2D eigenvalue weighted by atomic mass is 35.5. The Morgan fingerprint density at radius 3 is 2.38 bits per heavy atom. The molecule has 0 amide bonds. The van der Waals surface area contributed by atoms with Crippen LogP contribution in [0.3, 0.4) is 0 Å². The number of anilines is 1. The Bertz CT molecular complexity index is 970. The summed E-state index contributed by atoms with van der Waals surface area (Å²) in [5.74, 6) is 0. The molecule has 0 unspecified atom stereocenters. The lowest BCUT2D eigenvalue weighted by Crippen LogP contribution is -2.13. The first kappa shape index (κ1) is 16.7. The molecule has 0 bridgehead atoms. The largest absolute Gasteiger partial charge is 0.280 e. The van der Waals surface area contributed by atoms with Crippen LogP contribution < -0.4 is 4.72 Å². The first-order valence-corrected chi connectivity index (χ1v) is 8.92. The minimum Gasteiger partial charge on any atom is -0.280 e. The van der Waals surface area contributed by atoms with Gasteiger partial charge < -0.3 is 0 Å². The van der Waals surface area contributed by atoms with Crippen LogP contribution in [-0.2, 0) is 10.0 Å². The van der Waals surface area contributed by atoms with E-state index in [2.05, 4.69) is 20.2 Å². The molecule has 3 rings (SSSR count). The Balaban J connectivity index is 1.92. The van der Waals surface area contributed by atoms with E-state index in [1.54, 1.807) is 18.2 Å². The lowest BCUT2D eigenvalue weighted by molar-refractivity contribution is 0.601. The van der Waals surface area contributed by atoms with Crippen LogP contribution in [-0.4, -0.2) is 28.6 Å². The molecular formula is C14H11Cl2N5O2S. The van der Waals surface area contributed by atoms with E-state index in [-0.39, 0.29) is 14.9 Å². The number of sulfonamides is 1. The molecule has 2 aromatic carbocycles. The molecule has 0 aliphatic rings. The van der Waals surface area contributed by atoms with E-state index in [0.717, 1.165) is 11.3 Å². The molecule has 1 heterocycles. The van der Waals surface area contributed by atoms with Crippen molar-refractivity contribution in [2.75, 3.05) is 4.72 Å². The zero-order chi connectivity index (χ0) is 17.3. The molecular weight excluding hydrogens is 373 g/mol. The molecule has 3 aromatic rings. The van der Waals surface area contributed by atoms with Gasteiger partial charge in [-0.1, -0.05) is 23.2 Å². The van der Waals surface area contributed by atoms with Crippen molar-refractivity contribution in [2.45, 2.75) is 11.8 Å². The van der Waals surface area contributed by atoms with Gasteiger partial charge in [0.05, 0.1) is 10.6 Å². The van der Waals surface area contributed by atoms with Gasteiger partial charge in [0.2, 0.25) is 0 Å². The Labute approximate surface area is 148 Å². The zero-order valence-corrected chi connectivity index (χ0v) is 14.6. The standard InChI is InChI=1S/C14H11Cl2N5O2S/c1-9-4-12(2-3-14(9)21-8-17-19-20-21)18-24(22,23)13-6-10(15)5-11(16)7-13/h2-8,18H,1H3. The first-order valence-electron chi connectivity index (χ1n) is 6.68. The predicted octanol–water partition coefficient (Wildman–Crippen LogP) is 3.08. The van der Waals surface area contributed by atoms with Crippen molar-refractivity contribution >= 4 is 38.9 Å². The molecule has 0 saturated carbocycles. The molecule has 0 fully saturated rings. The van der Waals surface area contributed by atoms with Gasteiger partial charge >= 0.3 is 0 Å². The minimum atomic E-state index is -3.81. The highest BCUT2D eigenvalue weighted by Crippen LogP contribution is 2.25. The molecule has 1 N–H and O–H groups in total. The third-order valence-corrected chi connectivity index (χ3v) is 4.99. The lowest BCUT2D eigenvalue weighted by atomic mass is 10.2.